The summed E-state index contributed by atoms with van der Waals surface area (Å²) >= 11 is 0. The van der Waals surface area contributed by atoms with Crippen LogP contribution in [0.1, 0.15) is 44.2 Å². The van der Waals surface area contributed by atoms with Gasteiger partial charge in [-0.25, -0.2) is 0 Å². The van der Waals surface area contributed by atoms with Crippen molar-refractivity contribution in [3.05, 3.63) is 29.8 Å². The molecular weight excluding hydrogens is 252 g/mol. The quantitative estimate of drug-likeness (QED) is 0.766. The summed E-state index contributed by atoms with van der Waals surface area (Å²) in [6, 6.07) is 8.83. The predicted molar refractivity (Wildman–Crippen MR) is 79.8 cm³/mol. The molecule has 110 valence electrons. The van der Waals surface area contributed by atoms with Crippen LogP contribution in [0.2, 0.25) is 0 Å². The molecule has 1 aliphatic rings. The summed E-state index contributed by atoms with van der Waals surface area (Å²) in [5.41, 5.74) is 1.23. The third-order valence-electron chi connectivity index (χ3n) is 3.61. The Morgan fingerprint density at radius 1 is 1.35 bits per heavy atom. The molecule has 0 bridgehead atoms. The highest BCUT2D eigenvalue weighted by atomic mass is 16.5. The summed E-state index contributed by atoms with van der Waals surface area (Å²) in [5.74, 6) is 1.02. The molecule has 0 saturated heterocycles. The molecule has 4 heteroatoms. The lowest BCUT2D eigenvalue weighted by molar-refractivity contribution is -0.121. The molecule has 1 atom stereocenters. The van der Waals surface area contributed by atoms with Gasteiger partial charge in [-0.3, -0.25) is 4.79 Å². The largest absolute Gasteiger partial charge is 0.497 e. The SMILES string of the molecule is CCC(NCCC(=O)NC1CC1)c1ccc(OC)cc1. The standard InChI is InChI=1S/C16H24N2O2/c1-3-15(12-4-8-14(20-2)9-5-12)17-11-10-16(19)18-13-6-7-13/h4-5,8-9,13,15,17H,3,6-7,10-11H2,1-2H3,(H,18,19). The monoisotopic (exact) mass is 276 g/mol. The zero-order valence-corrected chi connectivity index (χ0v) is 12.3. The molecule has 2 N–H and O–H groups in total. The fraction of sp³-hybridized carbons (Fsp3) is 0.562. The van der Waals surface area contributed by atoms with Crippen molar-refractivity contribution >= 4 is 5.91 Å². The molecule has 1 saturated carbocycles. The minimum Gasteiger partial charge on any atom is -0.497 e. The van der Waals surface area contributed by atoms with Gasteiger partial charge < -0.3 is 15.4 Å². The second-order valence-electron chi connectivity index (χ2n) is 5.28. The number of carbonyl (C=O) groups excluding carboxylic acids is 1. The van der Waals surface area contributed by atoms with E-state index in [9.17, 15) is 4.79 Å². The Labute approximate surface area is 120 Å². The molecule has 0 spiro atoms. The average molecular weight is 276 g/mol. The zero-order chi connectivity index (χ0) is 14.4. The van der Waals surface area contributed by atoms with Crippen LogP contribution in [0.25, 0.3) is 0 Å². The van der Waals surface area contributed by atoms with Crippen molar-refractivity contribution in [2.75, 3.05) is 13.7 Å². The van der Waals surface area contributed by atoms with Crippen LogP contribution in [0.5, 0.6) is 5.75 Å². The first kappa shape index (κ1) is 14.9. The highest BCUT2D eigenvalue weighted by Gasteiger charge is 2.22. The van der Waals surface area contributed by atoms with Crippen LogP contribution in [-0.4, -0.2) is 25.6 Å². The van der Waals surface area contributed by atoms with Gasteiger partial charge in [-0.15, -0.1) is 0 Å². The van der Waals surface area contributed by atoms with E-state index in [1.807, 2.05) is 12.1 Å². The second kappa shape index (κ2) is 7.29. The molecule has 1 aromatic rings. The number of amides is 1. The normalized spacial score (nSPS) is 15.7. The molecule has 0 aromatic heterocycles. The molecular formula is C16H24N2O2. The number of ether oxygens (including phenoxy) is 1. The van der Waals surface area contributed by atoms with Crippen LogP contribution in [0.4, 0.5) is 0 Å². The highest BCUT2D eigenvalue weighted by Crippen LogP contribution is 2.20. The number of carbonyl (C=O) groups is 1. The minimum absolute atomic E-state index is 0.157. The van der Waals surface area contributed by atoms with E-state index in [1.54, 1.807) is 7.11 Å². The first-order chi connectivity index (χ1) is 9.72. The molecule has 1 unspecified atom stereocenters. The maximum Gasteiger partial charge on any atom is 0.221 e. The Morgan fingerprint density at radius 3 is 2.60 bits per heavy atom. The molecule has 1 amide bonds. The van der Waals surface area contributed by atoms with Gasteiger partial charge in [0, 0.05) is 25.0 Å². The van der Waals surface area contributed by atoms with Crippen molar-refractivity contribution in [2.24, 2.45) is 0 Å². The minimum atomic E-state index is 0.157. The van der Waals surface area contributed by atoms with Gasteiger partial charge in [0.1, 0.15) is 5.75 Å². The molecule has 1 aromatic carbocycles. The van der Waals surface area contributed by atoms with E-state index < -0.39 is 0 Å². The number of benzene rings is 1. The van der Waals surface area contributed by atoms with E-state index in [2.05, 4.69) is 29.7 Å². The lowest BCUT2D eigenvalue weighted by Gasteiger charge is -2.17. The molecule has 0 heterocycles. The van der Waals surface area contributed by atoms with Crippen LogP contribution in [0.15, 0.2) is 24.3 Å². The topological polar surface area (TPSA) is 50.4 Å². The van der Waals surface area contributed by atoms with Gasteiger partial charge in [0.25, 0.3) is 0 Å². The van der Waals surface area contributed by atoms with Crippen molar-refractivity contribution in [3.63, 3.8) is 0 Å². The van der Waals surface area contributed by atoms with Gasteiger partial charge in [-0.2, -0.15) is 0 Å². The van der Waals surface area contributed by atoms with E-state index in [-0.39, 0.29) is 11.9 Å². The van der Waals surface area contributed by atoms with Gasteiger partial charge in [-0.05, 0) is 37.0 Å². The summed E-state index contributed by atoms with van der Waals surface area (Å²) in [4.78, 5) is 11.6. The lowest BCUT2D eigenvalue weighted by atomic mass is 10.0. The van der Waals surface area contributed by atoms with Crippen molar-refractivity contribution in [1.29, 1.82) is 0 Å². The summed E-state index contributed by atoms with van der Waals surface area (Å²) in [7, 11) is 1.67. The first-order valence-corrected chi connectivity index (χ1v) is 7.39. The van der Waals surface area contributed by atoms with Crippen molar-refractivity contribution in [1.82, 2.24) is 10.6 Å². The highest BCUT2D eigenvalue weighted by molar-refractivity contribution is 5.76. The molecule has 0 aliphatic heterocycles. The molecule has 4 nitrogen and oxygen atoms in total. The van der Waals surface area contributed by atoms with Crippen LogP contribution >= 0.6 is 0 Å². The second-order valence-corrected chi connectivity index (χ2v) is 5.28. The molecule has 20 heavy (non-hydrogen) atoms. The lowest BCUT2D eigenvalue weighted by Crippen LogP contribution is -2.30. The molecule has 0 radical (unpaired) electrons. The Morgan fingerprint density at radius 2 is 2.05 bits per heavy atom. The predicted octanol–water partition coefficient (Wildman–Crippen LogP) is 2.40. The van der Waals surface area contributed by atoms with Crippen LogP contribution in [0.3, 0.4) is 0 Å². The van der Waals surface area contributed by atoms with Gasteiger partial charge in [0.2, 0.25) is 5.91 Å². The van der Waals surface area contributed by atoms with Crippen molar-refractivity contribution in [2.45, 2.75) is 44.7 Å². The van der Waals surface area contributed by atoms with Crippen LogP contribution < -0.4 is 15.4 Å². The Hall–Kier alpha value is -1.55. The zero-order valence-electron chi connectivity index (χ0n) is 12.3. The van der Waals surface area contributed by atoms with E-state index >= 15 is 0 Å². The summed E-state index contributed by atoms with van der Waals surface area (Å²) in [6.07, 6.45) is 3.82. The maximum atomic E-state index is 11.6. The first-order valence-electron chi connectivity index (χ1n) is 7.39. The summed E-state index contributed by atoms with van der Waals surface area (Å²) in [6.45, 7) is 2.86. The van der Waals surface area contributed by atoms with Gasteiger partial charge in [-0.1, -0.05) is 19.1 Å². The number of nitrogens with one attached hydrogen (secondary N) is 2. The van der Waals surface area contributed by atoms with E-state index in [0.29, 0.717) is 19.0 Å². The number of methoxy groups -OCH3 is 1. The van der Waals surface area contributed by atoms with Gasteiger partial charge in [0.15, 0.2) is 0 Å². The van der Waals surface area contributed by atoms with Gasteiger partial charge in [0.05, 0.1) is 7.11 Å². The molecule has 1 aliphatic carbocycles. The third-order valence-corrected chi connectivity index (χ3v) is 3.61. The Kier molecular flexibility index (Phi) is 5.41. The van der Waals surface area contributed by atoms with Crippen molar-refractivity contribution in [3.8, 4) is 5.75 Å². The fourth-order valence-electron chi connectivity index (χ4n) is 2.22. The van der Waals surface area contributed by atoms with Crippen LogP contribution in [-0.2, 0) is 4.79 Å². The number of hydrogen-bond acceptors (Lipinski definition) is 3. The van der Waals surface area contributed by atoms with Crippen molar-refractivity contribution < 1.29 is 9.53 Å². The number of rotatable bonds is 8. The smallest absolute Gasteiger partial charge is 0.221 e. The number of hydrogen-bond donors (Lipinski definition) is 2. The van der Waals surface area contributed by atoms with E-state index in [4.69, 9.17) is 4.74 Å². The third kappa shape index (κ3) is 4.53. The molecule has 2 rings (SSSR count). The van der Waals surface area contributed by atoms with Gasteiger partial charge >= 0.3 is 0 Å². The van der Waals surface area contributed by atoms with E-state index in [0.717, 1.165) is 25.0 Å². The maximum absolute atomic E-state index is 11.6. The molecule has 1 fully saturated rings. The average Bonchev–Trinajstić information content (AvgIpc) is 3.28. The summed E-state index contributed by atoms with van der Waals surface area (Å²) in [5, 5.41) is 6.45. The summed E-state index contributed by atoms with van der Waals surface area (Å²) < 4.78 is 5.16. The fourth-order valence-corrected chi connectivity index (χ4v) is 2.22. The van der Waals surface area contributed by atoms with E-state index in [1.165, 1.54) is 5.56 Å². The Balaban J connectivity index is 1.76. The van der Waals surface area contributed by atoms with Crippen LogP contribution in [0, 0.1) is 0 Å². The Bertz CT molecular complexity index is 427.